The van der Waals surface area contributed by atoms with Crippen molar-refractivity contribution in [3.63, 3.8) is 0 Å². The van der Waals surface area contributed by atoms with E-state index in [1.54, 1.807) is 30.3 Å². The highest BCUT2D eigenvalue weighted by Crippen LogP contribution is 2.20. The summed E-state index contributed by atoms with van der Waals surface area (Å²) < 4.78 is 37.5. The standard InChI is InChI=1S/C31H39N5O7.C2HF3O2/c1-21(36(23-12-6-3-7-13-23)27(37)18-33-29(39)24-14-8-16-32-24)28(38)34-25(20-43-19-22-10-4-2-5-11-22)30(40)35-17-9-15-26(35)31(41)42;3-2(4,5)1(6)7/h2-7,10-13,21,24-26,32H,8-9,14-20H2,1H3,(H,33,39)(H,34,38)(H,41,42);(H,6,7). The molecule has 2 aliphatic heterocycles. The Kier molecular flexibility index (Phi) is 14.7. The predicted molar refractivity (Wildman–Crippen MR) is 172 cm³/mol. The molecule has 2 aliphatic rings. The Morgan fingerprint density at radius 3 is 2.16 bits per heavy atom. The number of hydrogen-bond acceptors (Lipinski definition) is 8. The molecule has 5 N–H and O–H groups in total. The minimum Gasteiger partial charge on any atom is -0.480 e. The first-order valence-corrected chi connectivity index (χ1v) is 15.8. The van der Waals surface area contributed by atoms with Gasteiger partial charge in [-0.05, 0) is 56.8 Å². The van der Waals surface area contributed by atoms with E-state index >= 15 is 0 Å². The van der Waals surface area contributed by atoms with E-state index in [-0.39, 0.29) is 38.3 Å². The van der Waals surface area contributed by atoms with Gasteiger partial charge in [0, 0.05) is 12.2 Å². The molecule has 2 heterocycles. The lowest BCUT2D eigenvalue weighted by atomic mass is 10.1. The Morgan fingerprint density at radius 2 is 1.60 bits per heavy atom. The van der Waals surface area contributed by atoms with Crippen molar-refractivity contribution in [1.29, 1.82) is 0 Å². The Morgan fingerprint density at radius 1 is 0.980 bits per heavy atom. The molecule has 0 aromatic heterocycles. The molecular weight excluding hydrogens is 667 g/mol. The van der Waals surface area contributed by atoms with Gasteiger partial charge in [0.2, 0.25) is 23.6 Å². The fourth-order valence-corrected chi connectivity index (χ4v) is 5.39. The minimum atomic E-state index is -5.08. The zero-order valence-corrected chi connectivity index (χ0v) is 27.2. The summed E-state index contributed by atoms with van der Waals surface area (Å²) in [6.07, 6.45) is -2.67. The number of alkyl halides is 3. The summed E-state index contributed by atoms with van der Waals surface area (Å²) >= 11 is 0. The largest absolute Gasteiger partial charge is 0.490 e. The number of hydrogen-bond donors (Lipinski definition) is 5. The zero-order valence-electron chi connectivity index (χ0n) is 27.2. The average Bonchev–Trinajstić information content (AvgIpc) is 3.81. The molecule has 4 amide bonds. The fraction of sp³-hybridized carbons (Fsp3) is 0.455. The second-order valence-electron chi connectivity index (χ2n) is 11.5. The summed E-state index contributed by atoms with van der Waals surface area (Å²) in [6, 6.07) is 14.3. The summed E-state index contributed by atoms with van der Waals surface area (Å²) in [7, 11) is 0. The van der Waals surface area contributed by atoms with Crippen molar-refractivity contribution in [1.82, 2.24) is 20.9 Å². The third-order valence-electron chi connectivity index (χ3n) is 7.93. The molecule has 272 valence electrons. The molecule has 4 unspecified atom stereocenters. The number of carbonyl (C=O) groups excluding carboxylic acids is 4. The van der Waals surface area contributed by atoms with Crippen molar-refractivity contribution in [3.05, 3.63) is 66.2 Å². The Balaban J connectivity index is 0.000000872. The molecule has 0 saturated carbocycles. The number of anilines is 1. The number of carboxylic acids is 2. The Bertz CT molecular complexity index is 1470. The third kappa shape index (κ3) is 11.5. The maximum atomic E-state index is 13.6. The molecule has 0 bridgehead atoms. The second kappa shape index (κ2) is 18.7. The molecule has 2 saturated heterocycles. The first kappa shape index (κ1) is 39.4. The lowest BCUT2D eigenvalue weighted by molar-refractivity contribution is -0.192. The van der Waals surface area contributed by atoms with Crippen molar-refractivity contribution in [2.75, 3.05) is 31.1 Å². The molecule has 2 aromatic carbocycles. The lowest BCUT2D eigenvalue weighted by Crippen LogP contribution is -2.58. The van der Waals surface area contributed by atoms with E-state index in [1.165, 1.54) is 16.7 Å². The second-order valence-corrected chi connectivity index (χ2v) is 11.5. The smallest absolute Gasteiger partial charge is 0.480 e. The van der Waals surface area contributed by atoms with E-state index in [2.05, 4.69) is 16.0 Å². The van der Waals surface area contributed by atoms with E-state index in [0.29, 0.717) is 24.9 Å². The van der Waals surface area contributed by atoms with E-state index in [1.807, 2.05) is 30.3 Å². The van der Waals surface area contributed by atoms with Gasteiger partial charge in [0.15, 0.2) is 0 Å². The van der Waals surface area contributed by atoms with E-state index in [4.69, 9.17) is 14.6 Å². The molecule has 0 radical (unpaired) electrons. The number of nitrogens with one attached hydrogen (secondary N) is 3. The molecule has 2 aromatic rings. The van der Waals surface area contributed by atoms with Gasteiger partial charge in [0.05, 0.1) is 25.8 Å². The van der Waals surface area contributed by atoms with Gasteiger partial charge in [-0.15, -0.1) is 0 Å². The molecule has 0 aliphatic carbocycles. The maximum Gasteiger partial charge on any atom is 0.490 e. The lowest BCUT2D eigenvalue weighted by Gasteiger charge is -2.31. The van der Waals surface area contributed by atoms with Crippen molar-refractivity contribution < 1.29 is 56.9 Å². The quantitative estimate of drug-likeness (QED) is 0.205. The van der Waals surface area contributed by atoms with E-state index in [9.17, 15) is 42.3 Å². The normalized spacial score (nSPS) is 18.2. The average molecular weight is 708 g/mol. The number of para-hydroxylation sites is 1. The van der Waals surface area contributed by atoms with E-state index in [0.717, 1.165) is 18.5 Å². The van der Waals surface area contributed by atoms with Gasteiger partial charge in [-0.2, -0.15) is 13.2 Å². The van der Waals surface area contributed by atoms with Crippen molar-refractivity contribution in [3.8, 4) is 0 Å². The van der Waals surface area contributed by atoms with Crippen LogP contribution in [0.1, 0.15) is 38.2 Å². The zero-order chi connectivity index (χ0) is 36.8. The number of ether oxygens (including phenoxy) is 1. The van der Waals surface area contributed by atoms with Gasteiger partial charge in [0.1, 0.15) is 18.1 Å². The van der Waals surface area contributed by atoms with Gasteiger partial charge in [-0.3, -0.25) is 24.1 Å². The van der Waals surface area contributed by atoms with Crippen LogP contribution in [0.5, 0.6) is 0 Å². The van der Waals surface area contributed by atoms with Gasteiger partial charge in [-0.25, -0.2) is 9.59 Å². The summed E-state index contributed by atoms with van der Waals surface area (Å²) in [5, 5.41) is 25.2. The number of halogens is 3. The number of likely N-dealkylation sites (tertiary alicyclic amines) is 1. The molecule has 2 fully saturated rings. The first-order chi connectivity index (χ1) is 23.7. The number of benzene rings is 2. The molecule has 50 heavy (non-hydrogen) atoms. The van der Waals surface area contributed by atoms with Crippen molar-refractivity contribution in [2.45, 2.75) is 69.6 Å². The summed E-state index contributed by atoms with van der Waals surface area (Å²) in [5.41, 5.74) is 1.31. The van der Waals surface area contributed by atoms with Crippen LogP contribution in [0.4, 0.5) is 18.9 Å². The van der Waals surface area contributed by atoms with Gasteiger partial charge >= 0.3 is 18.1 Å². The highest BCUT2D eigenvalue weighted by molar-refractivity contribution is 6.03. The Labute approximate surface area is 285 Å². The predicted octanol–water partition coefficient (Wildman–Crippen LogP) is 1.69. The Hall–Kier alpha value is -5.03. The van der Waals surface area contributed by atoms with Crippen LogP contribution in [0.2, 0.25) is 0 Å². The number of nitrogens with zero attached hydrogens (tertiary/aromatic N) is 2. The third-order valence-corrected chi connectivity index (χ3v) is 7.93. The highest BCUT2D eigenvalue weighted by Gasteiger charge is 2.39. The fourth-order valence-electron chi connectivity index (χ4n) is 5.39. The van der Waals surface area contributed by atoms with Crippen LogP contribution in [0.25, 0.3) is 0 Å². The van der Waals surface area contributed by atoms with Gasteiger partial charge in [0.25, 0.3) is 0 Å². The van der Waals surface area contributed by atoms with Crippen LogP contribution in [-0.4, -0.2) is 107 Å². The molecule has 0 spiro atoms. The van der Waals surface area contributed by atoms with Crippen LogP contribution in [0.3, 0.4) is 0 Å². The molecule has 14 nitrogen and oxygen atoms in total. The summed E-state index contributed by atoms with van der Waals surface area (Å²) in [4.78, 5) is 76.4. The number of aliphatic carboxylic acids is 2. The monoisotopic (exact) mass is 707 g/mol. The van der Waals surface area contributed by atoms with Crippen molar-refractivity contribution >= 4 is 41.3 Å². The summed E-state index contributed by atoms with van der Waals surface area (Å²) in [5.74, 6) is -5.84. The van der Waals surface area contributed by atoms with Gasteiger partial charge < -0.3 is 35.8 Å². The first-order valence-electron chi connectivity index (χ1n) is 15.8. The van der Waals surface area contributed by atoms with Gasteiger partial charge in [-0.1, -0.05) is 48.5 Å². The number of carbonyl (C=O) groups is 6. The SMILES string of the molecule is CC(C(=O)NC(COCc1ccccc1)C(=O)N1CCCC1C(=O)O)N(C(=O)CNC(=O)C1CCCN1)c1ccccc1.O=C(O)C(F)(F)F. The number of rotatable bonds is 13. The van der Waals surface area contributed by atoms with Crippen LogP contribution in [0, 0.1) is 0 Å². The van der Waals surface area contributed by atoms with E-state index < -0.39 is 54.0 Å². The summed E-state index contributed by atoms with van der Waals surface area (Å²) in [6.45, 7) is 2.18. The van der Waals surface area contributed by atoms with Crippen LogP contribution < -0.4 is 20.9 Å². The molecule has 4 atom stereocenters. The van der Waals surface area contributed by atoms with Crippen LogP contribution in [-0.2, 0) is 40.1 Å². The number of carboxylic acid groups (broad SMARTS) is 2. The highest BCUT2D eigenvalue weighted by atomic mass is 19.4. The number of amides is 4. The molecule has 4 rings (SSSR count). The minimum absolute atomic E-state index is 0.183. The topological polar surface area (TPSA) is 195 Å². The van der Waals surface area contributed by atoms with Crippen LogP contribution in [0.15, 0.2) is 60.7 Å². The maximum absolute atomic E-state index is 13.6. The molecule has 17 heteroatoms. The van der Waals surface area contributed by atoms with Crippen LogP contribution >= 0.6 is 0 Å². The van der Waals surface area contributed by atoms with Crippen molar-refractivity contribution in [2.24, 2.45) is 0 Å². The molecular formula is C33H40F3N5O9.